The van der Waals surface area contributed by atoms with Crippen molar-refractivity contribution < 1.29 is 9.90 Å². The Labute approximate surface area is 117 Å². The first-order valence-corrected chi connectivity index (χ1v) is 6.84. The largest absolute Gasteiger partial charge is 0.478 e. The lowest BCUT2D eigenvalue weighted by Crippen LogP contribution is -2.34. The van der Waals surface area contributed by atoms with Gasteiger partial charge in [0.25, 0.3) is 0 Å². The highest BCUT2D eigenvalue weighted by Crippen LogP contribution is 2.27. The lowest BCUT2D eigenvalue weighted by atomic mass is 10.2. The number of carbonyl (C=O) groups is 1. The fourth-order valence-electron chi connectivity index (χ4n) is 2.46. The molecular weight excluding hydrogens is 256 g/mol. The van der Waals surface area contributed by atoms with Crippen LogP contribution in [0.5, 0.6) is 0 Å². The second-order valence-electron chi connectivity index (χ2n) is 5.53. The van der Waals surface area contributed by atoms with Crippen molar-refractivity contribution in [1.82, 2.24) is 19.9 Å². The molecule has 0 saturated heterocycles. The van der Waals surface area contributed by atoms with E-state index >= 15 is 0 Å². The third kappa shape index (κ3) is 2.38. The van der Waals surface area contributed by atoms with Crippen LogP contribution in [0.3, 0.4) is 0 Å². The maximum Gasteiger partial charge on any atom is 0.335 e. The van der Waals surface area contributed by atoms with Crippen molar-refractivity contribution in [3.05, 3.63) is 23.8 Å². The van der Waals surface area contributed by atoms with Crippen LogP contribution in [0, 0.1) is 0 Å². The quantitative estimate of drug-likeness (QED) is 0.897. The van der Waals surface area contributed by atoms with Crippen LogP contribution in [-0.4, -0.2) is 50.1 Å². The first-order chi connectivity index (χ1) is 9.56. The fourth-order valence-corrected chi connectivity index (χ4v) is 2.46. The van der Waals surface area contributed by atoms with Gasteiger partial charge in [0, 0.05) is 12.1 Å². The number of aromatic nitrogens is 3. The van der Waals surface area contributed by atoms with Gasteiger partial charge in [-0.3, -0.25) is 4.90 Å². The first-order valence-electron chi connectivity index (χ1n) is 6.84. The molecule has 106 valence electrons. The van der Waals surface area contributed by atoms with Gasteiger partial charge in [-0.15, -0.1) is 5.10 Å². The lowest BCUT2D eigenvalue weighted by Gasteiger charge is -2.24. The van der Waals surface area contributed by atoms with Gasteiger partial charge in [-0.2, -0.15) is 0 Å². The number of carboxylic acids is 1. The number of nitrogens with zero attached hydrogens (tertiary/aromatic N) is 4. The van der Waals surface area contributed by atoms with Crippen LogP contribution < -0.4 is 0 Å². The summed E-state index contributed by atoms with van der Waals surface area (Å²) in [6, 6.07) is 6.03. The van der Waals surface area contributed by atoms with E-state index in [-0.39, 0.29) is 5.56 Å². The van der Waals surface area contributed by atoms with Gasteiger partial charge in [0.15, 0.2) is 0 Å². The van der Waals surface area contributed by atoms with Crippen molar-refractivity contribution in [2.75, 3.05) is 7.05 Å². The summed E-state index contributed by atoms with van der Waals surface area (Å²) in [7, 11) is 2.14. The van der Waals surface area contributed by atoms with E-state index in [0.717, 1.165) is 12.1 Å². The Bertz CT molecular complexity index is 648. The standard InChI is InChI=1S/C14H18N4O2/c1-9(17(2)11-4-5-11)8-18-13-6-3-10(14(19)20)7-12(13)15-16-18/h3,6-7,9,11H,4-5,8H2,1-2H3,(H,19,20). The van der Waals surface area contributed by atoms with E-state index in [9.17, 15) is 4.79 Å². The molecule has 1 aliphatic carbocycles. The molecule has 6 nitrogen and oxygen atoms in total. The lowest BCUT2D eigenvalue weighted by molar-refractivity contribution is 0.0697. The maximum atomic E-state index is 10.9. The molecule has 2 aromatic rings. The van der Waals surface area contributed by atoms with Crippen LogP contribution in [-0.2, 0) is 6.54 Å². The molecule has 0 amide bonds. The summed E-state index contributed by atoms with van der Waals surface area (Å²) in [5.74, 6) is -0.941. The molecule has 1 fully saturated rings. The number of fused-ring (bicyclic) bond motifs is 1. The Morgan fingerprint density at radius 2 is 2.30 bits per heavy atom. The number of hydrogen-bond donors (Lipinski definition) is 1. The van der Waals surface area contributed by atoms with Gasteiger partial charge in [0.05, 0.1) is 17.6 Å². The molecule has 1 unspecified atom stereocenters. The zero-order valence-corrected chi connectivity index (χ0v) is 11.7. The first kappa shape index (κ1) is 13.1. The minimum Gasteiger partial charge on any atom is -0.478 e. The molecule has 1 aliphatic rings. The highest BCUT2D eigenvalue weighted by atomic mass is 16.4. The van der Waals surface area contributed by atoms with Crippen molar-refractivity contribution in [1.29, 1.82) is 0 Å². The fraction of sp³-hybridized carbons (Fsp3) is 0.500. The smallest absolute Gasteiger partial charge is 0.335 e. The molecule has 1 heterocycles. The number of hydrogen-bond acceptors (Lipinski definition) is 4. The van der Waals surface area contributed by atoms with Crippen LogP contribution in [0.15, 0.2) is 18.2 Å². The molecule has 1 atom stereocenters. The summed E-state index contributed by atoms with van der Waals surface area (Å²) < 4.78 is 1.85. The molecular formula is C14H18N4O2. The normalized spacial score (nSPS) is 16.8. The Morgan fingerprint density at radius 3 is 2.95 bits per heavy atom. The van der Waals surface area contributed by atoms with E-state index in [2.05, 4.69) is 29.2 Å². The van der Waals surface area contributed by atoms with E-state index < -0.39 is 5.97 Å². The Kier molecular flexibility index (Phi) is 3.17. The average molecular weight is 274 g/mol. The zero-order chi connectivity index (χ0) is 14.3. The number of likely N-dealkylation sites (N-methyl/N-ethyl adjacent to an activating group) is 1. The van der Waals surface area contributed by atoms with Crippen LogP contribution in [0.25, 0.3) is 11.0 Å². The second-order valence-corrected chi connectivity index (χ2v) is 5.53. The summed E-state index contributed by atoms with van der Waals surface area (Å²) >= 11 is 0. The summed E-state index contributed by atoms with van der Waals surface area (Å²) in [6.07, 6.45) is 2.56. The average Bonchev–Trinajstić information content (AvgIpc) is 3.20. The summed E-state index contributed by atoms with van der Waals surface area (Å²) in [5.41, 5.74) is 1.75. The van der Waals surface area contributed by atoms with Gasteiger partial charge in [-0.1, -0.05) is 5.21 Å². The van der Waals surface area contributed by atoms with Crippen molar-refractivity contribution in [3.8, 4) is 0 Å². The molecule has 3 rings (SSSR count). The molecule has 1 saturated carbocycles. The highest BCUT2D eigenvalue weighted by Gasteiger charge is 2.29. The number of rotatable bonds is 5. The predicted octanol–water partition coefficient (Wildman–Crippen LogP) is 1.61. The van der Waals surface area contributed by atoms with E-state index in [4.69, 9.17) is 5.11 Å². The maximum absolute atomic E-state index is 10.9. The molecule has 1 aromatic heterocycles. The third-order valence-corrected chi connectivity index (χ3v) is 4.02. The number of benzene rings is 1. The van der Waals surface area contributed by atoms with Crippen LogP contribution in [0.2, 0.25) is 0 Å². The van der Waals surface area contributed by atoms with Crippen molar-refractivity contribution in [3.63, 3.8) is 0 Å². The van der Waals surface area contributed by atoms with E-state index in [1.54, 1.807) is 18.2 Å². The molecule has 6 heteroatoms. The summed E-state index contributed by atoms with van der Waals surface area (Å²) in [6.45, 7) is 2.94. The molecule has 0 radical (unpaired) electrons. The molecule has 1 aromatic carbocycles. The minimum absolute atomic E-state index is 0.243. The Balaban J connectivity index is 1.83. The number of carboxylic acid groups (broad SMARTS) is 1. The van der Waals surface area contributed by atoms with Crippen LogP contribution in [0.4, 0.5) is 0 Å². The summed E-state index contributed by atoms with van der Waals surface area (Å²) in [5, 5.41) is 17.2. The van der Waals surface area contributed by atoms with Crippen molar-refractivity contribution in [2.45, 2.75) is 38.4 Å². The topological polar surface area (TPSA) is 71.2 Å². The SMILES string of the molecule is CC(Cn1nnc2cc(C(=O)O)ccc21)N(C)C1CC1. The third-order valence-electron chi connectivity index (χ3n) is 4.02. The highest BCUT2D eigenvalue weighted by molar-refractivity contribution is 5.92. The van der Waals surface area contributed by atoms with Crippen LogP contribution >= 0.6 is 0 Å². The van der Waals surface area contributed by atoms with Crippen molar-refractivity contribution in [2.24, 2.45) is 0 Å². The minimum atomic E-state index is -0.941. The van der Waals surface area contributed by atoms with Gasteiger partial charge in [0.1, 0.15) is 5.52 Å². The Hall–Kier alpha value is -1.95. The van der Waals surface area contributed by atoms with Gasteiger partial charge < -0.3 is 5.11 Å². The van der Waals surface area contributed by atoms with E-state index in [0.29, 0.717) is 17.6 Å². The monoisotopic (exact) mass is 274 g/mol. The molecule has 1 N–H and O–H groups in total. The van der Waals surface area contributed by atoms with Gasteiger partial charge in [-0.25, -0.2) is 9.48 Å². The van der Waals surface area contributed by atoms with Gasteiger partial charge >= 0.3 is 5.97 Å². The molecule has 0 spiro atoms. The summed E-state index contributed by atoms with van der Waals surface area (Å²) in [4.78, 5) is 13.3. The number of aromatic carboxylic acids is 1. The van der Waals surface area contributed by atoms with E-state index in [1.807, 2.05) is 4.68 Å². The Morgan fingerprint density at radius 1 is 1.55 bits per heavy atom. The van der Waals surface area contributed by atoms with Crippen molar-refractivity contribution >= 4 is 17.0 Å². The predicted molar refractivity (Wildman–Crippen MR) is 74.7 cm³/mol. The molecule has 0 bridgehead atoms. The van der Waals surface area contributed by atoms with Crippen LogP contribution in [0.1, 0.15) is 30.1 Å². The molecule has 20 heavy (non-hydrogen) atoms. The zero-order valence-electron chi connectivity index (χ0n) is 11.7. The van der Waals surface area contributed by atoms with Gasteiger partial charge in [-0.05, 0) is 45.0 Å². The van der Waals surface area contributed by atoms with E-state index in [1.165, 1.54) is 12.8 Å². The van der Waals surface area contributed by atoms with Gasteiger partial charge in [0.2, 0.25) is 0 Å². The molecule has 0 aliphatic heterocycles. The second kappa shape index (κ2) is 4.86.